The summed E-state index contributed by atoms with van der Waals surface area (Å²) in [6.45, 7) is 1.57. The molecular weight excluding hydrogens is 384 g/mol. The highest BCUT2D eigenvalue weighted by Gasteiger charge is 2.22. The van der Waals surface area contributed by atoms with Gasteiger partial charge in [-0.3, -0.25) is 4.90 Å². The van der Waals surface area contributed by atoms with Crippen LogP contribution in [0.25, 0.3) is 5.69 Å². The van der Waals surface area contributed by atoms with Crippen LogP contribution >= 0.6 is 0 Å². The number of nitriles is 1. The van der Waals surface area contributed by atoms with E-state index >= 15 is 0 Å². The summed E-state index contributed by atoms with van der Waals surface area (Å²) in [5.41, 5.74) is 2.66. The highest BCUT2D eigenvalue weighted by Crippen LogP contribution is 2.23. The number of nitrogens with zero attached hydrogens (tertiary/aromatic N) is 4. The molecule has 0 saturated carbocycles. The molecule has 0 saturated heterocycles. The molecular formula is C22H20N4O4. The Morgan fingerprint density at radius 3 is 2.47 bits per heavy atom. The summed E-state index contributed by atoms with van der Waals surface area (Å²) < 4.78 is 11.8. The van der Waals surface area contributed by atoms with Gasteiger partial charge in [-0.1, -0.05) is 30.3 Å². The van der Waals surface area contributed by atoms with Gasteiger partial charge >= 0.3 is 12.1 Å². The first-order chi connectivity index (χ1) is 14.5. The number of amides is 1. The van der Waals surface area contributed by atoms with E-state index in [1.54, 1.807) is 35.9 Å². The summed E-state index contributed by atoms with van der Waals surface area (Å²) in [7, 11) is 2.76. The van der Waals surface area contributed by atoms with Crippen molar-refractivity contribution < 1.29 is 19.1 Å². The van der Waals surface area contributed by atoms with E-state index in [0.717, 1.165) is 5.69 Å². The fraction of sp³-hybridized carbons (Fsp3) is 0.182. The Labute approximate surface area is 173 Å². The Morgan fingerprint density at radius 2 is 1.80 bits per heavy atom. The van der Waals surface area contributed by atoms with Crippen LogP contribution in [0.2, 0.25) is 0 Å². The molecule has 0 aliphatic carbocycles. The quantitative estimate of drug-likeness (QED) is 0.603. The number of aryl methyl sites for hydroxylation is 1. The largest absolute Gasteiger partial charge is 0.455 e. The first kappa shape index (κ1) is 20.6. The Bertz CT molecular complexity index is 1120. The molecule has 0 radical (unpaired) electrons. The molecule has 0 aliphatic rings. The average Bonchev–Trinajstić information content (AvgIpc) is 3.12. The second kappa shape index (κ2) is 8.92. The molecule has 152 valence electrons. The standard InChI is InChI=1S/C22H20N4O4/c1-15-18(13-23)20(26(24-15)16-9-5-4-6-10-16)14-30-21(27)17-11-7-8-12-19(17)25(2)22(28)29-3/h4-12H,14H2,1-3H3. The van der Waals surface area contributed by atoms with Gasteiger partial charge < -0.3 is 9.47 Å². The van der Waals surface area contributed by atoms with Gasteiger partial charge in [0.25, 0.3) is 0 Å². The first-order valence-electron chi connectivity index (χ1n) is 9.09. The minimum atomic E-state index is -0.635. The maximum Gasteiger partial charge on any atom is 0.413 e. The summed E-state index contributed by atoms with van der Waals surface area (Å²) in [6, 6.07) is 17.9. The minimum Gasteiger partial charge on any atom is -0.455 e. The molecule has 0 N–H and O–H groups in total. The van der Waals surface area contributed by atoms with Crippen molar-refractivity contribution in [3.63, 3.8) is 0 Å². The molecule has 2 aromatic carbocycles. The molecule has 3 aromatic rings. The van der Waals surface area contributed by atoms with Crippen molar-refractivity contribution in [2.75, 3.05) is 19.1 Å². The molecule has 0 aliphatic heterocycles. The lowest BCUT2D eigenvalue weighted by Gasteiger charge is -2.18. The number of methoxy groups -OCH3 is 1. The number of para-hydroxylation sites is 2. The number of anilines is 1. The normalized spacial score (nSPS) is 10.2. The Balaban J connectivity index is 1.90. The van der Waals surface area contributed by atoms with Gasteiger partial charge in [0.2, 0.25) is 0 Å². The summed E-state index contributed by atoms with van der Waals surface area (Å²) in [4.78, 5) is 25.9. The molecule has 0 spiro atoms. The minimum absolute atomic E-state index is 0.159. The molecule has 1 amide bonds. The SMILES string of the molecule is COC(=O)N(C)c1ccccc1C(=O)OCc1c(C#N)c(C)nn1-c1ccccc1. The highest BCUT2D eigenvalue weighted by atomic mass is 16.5. The third-order valence-electron chi connectivity index (χ3n) is 4.54. The van der Waals surface area contributed by atoms with Crippen LogP contribution < -0.4 is 4.90 Å². The summed E-state index contributed by atoms with van der Waals surface area (Å²) in [6.07, 6.45) is -0.611. The van der Waals surface area contributed by atoms with Crippen LogP contribution in [0.1, 0.15) is 27.3 Å². The molecule has 0 bridgehead atoms. The van der Waals surface area contributed by atoms with E-state index in [1.807, 2.05) is 30.3 Å². The zero-order valence-electron chi connectivity index (χ0n) is 16.8. The molecule has 1 aromatic heterocycles. The maximum absolute atomic E-state index is 12.8. The van der Waals surface area contributed by atoms with Crippen molar-refractivity contribution in [1.29, 1.82) is 5.26 Å². The van der Waals surface area contributed by atoms with E-state index in [1.165, 1.54) is 19.1 Å². The van der Waals surface area contributed by atoms with Gasteiger partial charge in [-0.25, -0.2) is 14.3 Å². The van der Waals surface area contributed by atoms with Crippen LogP contribution in [0, 0.1) is 18.3 Å². The van der Waals surface area contributed by atoms with Gasteiger partial charge in [-0.05, 0) is 31.2 Å². The third-order valence-corrected chi connectivity index (χ3v) is 4.54. The lowest BCUT2D eigenvalue weighted by atomic mass is 10.1. The van der Waals surface area contributed by atoms with E-state index in [9.17, 15) is 14.9 Å². The number of esters is 1. The van der Waals surface area contributed by atoms with Crippen LogP contribution in [0.15, 0.2) is 54.6 Å². The van der Waals surface area contributed by atoms with Crippen LogP contribution in [0.5, 0.6) is 0 Å². The number of hydrogen-bond acceptors (Lipinski definition) is 6. The fourth-order valence-corrected chi connectivity index (χ4v) is 3.02. The van der Waals surface area contributed by atoms with E-state index in [0.29, 0.717) is 22.6 Å². The van der Waals surface area contributed by atoms with Crippen LogP contribution in [0.4, 0.5) is 10.5 Å². The van der Waals surface area contributed by atoms with Crippen LogP contribution in [-0.4, -0.2) is 36.0 Å². The van der Waals surface area contributed by atoms with Crippen molar-refractivity contribution in [2.45, 2.75) is 13.5 Å². The van der Waals surface area contributed by atoms with Crippen molar-refractivity contribution >= 4 is 17.7 Å². The third kappa shape index (κ3) is 4.00. The number of ether oxygens (including phenoxy) is 2. The van der Waals surface area contributed by atoms with Crippen LogP contribution in [0.3, 0.4) is 0 Å². The first-order valence-corrected chi connectivity index (χ1v) is 9.09. The average molecular weight is 404 g/mol. The number of carbonyl (C=O) groups is 2. The number of hydrogen-bond donors (Lipinski definition) is 0. The van der Waals surface area contributed by atoms with E-state index in [4.69, 9.17) is 9.47 Å². The Hall–Kier alpha value is -4.12. The molecule has 0 atom stereocenters. The zero-order valence-corrected chi connectivity index (χ0v) is 16.8. The molecule has 0 unspecified atom stereocenters. The zero-order chi connectivity index (χ0) is 21.7. The number of benzene rings is 2. The van der Waals surface area contributed by atoms with Gasteiger partial charge in [0.1, 0.15) is 18.2 Å². The molecule has 3 rings (SSSR count). The van der Waals surface area contributed by atoms with E-state index < -0.39 is 12.1 Å². The summed E-state index contributed by atoms with van der Waals surface area (Å²) in [5, 5.41) is 14.0. The molecule has 30 heavy (non-hydrogen) atoms. The smallest absolute Gasteiger partial charge is 0.413 e. The van der Waals surface area contributed by atoms with E-state index in [2.05, 4.69) is 11.2 Å². The van der Waals surface area contributed by atoms with Gasteiger partial charge in [0.15, 0.2) is 0 Å². The second-order valence-corrected chi connectivity index (χ2v) is 6.39. The monoisotopic (exact) mass is 404 g/mol. The number of aromatic nitrogens is 2. The highest BCUT2D eigenvalue weighted by molar-refractivity contribution is 6.00. The second-order valence-electron chi connectivity index (χ2n) is 6.39. The van der Waals surface area contributed by atoms with Crippen molar-refractivity contribution in [1.82, 2.24) is 9.78 Å². The number of rotatable bonds is 5. The molecule has 8 nitrogen and oxygen atoms in total. The summed E-state index contributed by atoms with van der Waals surface area (Å²) >= 11 is 0. The van der Waals surface area contributed by atoms with Gasteiger partial charge in [-0.15, -0.1) is 0 Å². The molecule has 0 fully saturated rings. The summed E-state index contributed by atoms with van der Waals surface area (Å²) in [5.74, 6) is -0.635. The molecule has 8 heteroatoms. The van der Waals surface area contributed by atoms with Crippen molar-refractivity contribution in [2.24, 2.45) is 0 Å². The Morgan fingerprint density at radius 1 is 1.13 bits per heavy atom. The van der Waals surface area contributed by atoms with Crippen LogP contribution in [-0.2, 0) is 16.1 Å². The van der Waals surface area contributed by atoms with Gasteiger partial charge in [-0.2, -0.15) is 10.4 Å². The number of carbonyl (C=O) groups excluding carboxylic acids is 2. The van der Waals surface area contributed by atoms with Gasteiger partial charge in [0, 0.05) is 7.05 Å². The predicted octanol–water partition coefficient (Wildman–Crippen LogP) is 3.61. The van der Waals surface area contributed by atoms with E-state index in [-0.39, 0.29) is 12.2 Å². The van der Waals surface area contributed by atoms with Gasteiger partial charge in [0.05, 0.1) is 35.4 Å². The maximum atomic E-state index is 12.8. The predicted molar refractivity (Wildman–Crippen MR) is 109 cm³/mol. The topological polar surface area (TPSA) is 97.4 Å². The van der Waals surface area contributed by atoms with Crippen molar-refractivity contribution in [3.8, 4) is 11.8 Å². The lowest BCUT2D eigenvalue weighted by Crippen LogP contribution is -2.27. The lowest BCUT2D eigenvalue weighted by molar-refractivity contribution is 0.0465. The Kier molecular flexibility index (Phi) is 6.13. The molecule has 1 heterocycles. The fourth-order valence-electron chi connectivity index (χ4n) is 3.02. The van der Waals surface area contributed by atoms with Crippen molar-refractivity contribution in [3.05, 3.63) is 77.1 Å².